The van der Waals surface area contributed by atoms with E-state index in [1.54, 1.807) is 6.20 Å². The number of ether oxygens (including phenoxy) is 1. The monoisotopic (exact) mass is 227 g/mol. The average Bonchev–Trinajstić information content (AvgIpc) is 2.39. The standard InChI is InChI=1S/C13H13N3O/c1-14-16-10-11-7-8-13(15-9-11)17-12-5-3-2-4-6-12/h2-9,16H,1,10H2. The molecule has 0 saturated heterocycles. The Balaban J connectivity index is 2.01. The normalized spacial score (nSPS) is 9.65. The summed E-state index contributed by atoms with van der Waals surface area (Å²) < 4.78 is 5.57. The second kappa shape index (κ2) is 5.65. The van der Waals surface area contributed by atoms with Gasteiger partial charge in [-0.25, -0.2) is 4.98 Å². The molecule has 1 aromatic heterocycles. The van der Waals surface area contributed by atoms with E-state index in [4.69, 9.17) is 4.74 Å². The number of benzene rings is 1. The summed E-state index contributed by atoms with van der Waals surface area (Å²) in [6.07, 6.45) is 1.75. The van der Waals surface area contributed by atoms with Gasteiger partial charge >= 0.3 is 0 Å². The molecule has 0 aliphatic carbocycles. The molecule has 2 rings (SSSR count). The summed E-state index contributed by atoms with van der Waals surface area (Å²) >= 11 is 0. The van der Waals surface area contributed by atoms with Crippen LogP contribution in [0.3, 0.4) is 0 Å². The van der Waals surface area contributed by atoms with Crippen LogP contribution in [0.5, 0.6) is 11.6 Å². The van der Waals surface area contributed by atoms with Gasteiger partial charge in [-0.15, -0.1) is 0 Å². The highest BCUT2D eigenvalue weighted by Crippen LogP contribution is 2.18. The van der Waals surface area contributed by atoms with Crippen molar-refractivity contribution in [2.45, 2.75) is 6.54 Å². The van der Waals surface area contributed by atoms with E-state index in [0.717, 1.165) is 11.3 Å². The Morgan fingerprint density at radius 1 is 1.18 bits per heavy atom. The summed E-state index contributed by atoms with van der Waals surface area (Å²) in [5.41, 5.74) is 3.79. The van der Waals surface area contributed by atoms with Crippen molar-refractivity contribution in [1.29, 1.82) is 0 Å². The molecular weight excluding hydrogens is 214 g/mol. The highest BCUT2D eigenvalue weighted by molar-refractivity contribution is 5.27. The summed E-state index contributed by atoms with van der Waals surface area (Å²) in [4.78, 5) is 4.20. The van der Waals surface area contributed by atoms with E-state index in [1.165, 1.54) is 0 Å². The lowest BCUT2D eigenvalue weighted by Crippen LogP contribution is -2.04. The smallest absolute Gasteiger partial charge is 0.219 e. The third-order valence-electron chi connectivity index (χ3n) is 2.16. The number of hydrogen-bond acceptors (Lipinski definition) is 4. The fraction of sp³-hybridized carbons (Fsp3) is 0.0769. The molecule has 1 heterocycles. The van der Waals surface area contributed by atoms with Crippen molar-refractivity contribution in [2.24, 2.45) is 5.10 Å². The molecular formula is C13H13N3O. The van der Waals surface area contributed by atoms with Gasteiger partial charge in [0.2, 0.25) is 5.88 Å². The number of rotatable bonds is 5. The van der Waals surface area contributed by atoms with E-state index < -0.39 is 0 Å². The topological polar surface area (TPSA) is 46.5 Å². The Morgan fingerprint density at radius 3 is 2.65 bits per heavy atom. The predicted molar refractivity (Wildman–Crippen MR) is 67.1 cm³/mol. The number of hydrazone groups is 1. The largest absolute Gasteiger partial charge is 0.439 e. The maximum absolute atomic E-state index is 5.57. The Labute approximate surface area is 100.0 Å². The van der Waals surface area contributed by atoms with Gasteiger partial charge in [0.15, 0.2) is 0 Å². The first-order valence-corrected chi connectivity index (χ1v) is 5.25. The maximum atomic E-state index is 5.57. The van der Waals surface area contributed by atoms with Crippen molar-refractivity contribution in [1.82, 2.24) is 10.4 Å². The van der Waals surface area contributed by atoms with Gasteiger partial charge in [-0.05, 0) is 17.7 Å². The number of para-hydroxylation sites is 1. The van der Waals surface area contributed by atoms with Crippen LogP contribution in [0.2, 0.25) is 0 Å². The SMILES string of the molecule is C=NNCc1ccc(Oc2ccccc2)nc1. The summed E-state index contributed by atoms with van der Waals surface area (Å²) in [5.74, 6) is 1.35. The Bertz CT molecular complexity index is 468. The minimum atomic E-state index is 0.575. The van der Waals surface area contributed by atoms with E-state index in [0.29, 0.717) is 12.4 Å². The molecule has 0 aliphatic rings. The molecule has 0 radical (unpaired) electrons. The van der Waals surface area contributed by atoms with Crippen LogP contribution in [0.1, 0.15) is 5.56 Å². The van der Waals surface area contributed by atoms with E-state index in [9.17, 15) is 0 Å². The van der Waals surface area contributed by atoms with Gasteiger partial charge in [0.1, 0.15) is 5.75 Å². The van der Waals surface area contributed by atoms with Crippen LogP contribution in [-0.4, -0.2) is 11.7 Å². The number of nitrogens with one attached hydrogen (secondary N) is 1. The Morgan fingerprint density at radius 2 is 2.00 bits per heavy atom. The first-order chi connectivity index (χ1) is 8.38. The van der Waals surface area contributed by atoms with Crippen LogP contribution in [0.15, 0.2) is 53.8 Å². The van der Waals surface area contributed by atoms with Crippen LogP contribution in [-0.2, 0) is 6.54 Å². The molecule has 0 spiro atoms. The molecule has 4 heteroatoms. The molecule has 0 fully saturated rings. The third-order valence-corrected chi connectivity index (χ3v) is 2.16. The molecule has 2 aromatic rings. The van der Waals surface area contributed by atoms with Gasteiger partial charge in [0, 0.05) is 19.0 Å². The molecule has 0 bridgehead atoms. The molecule has 1 N–H and O–H groups in total. The van der Waals surface area contributed by atoms with Gasteiger partial charge in [-0.2, -0.15) is 5.10 Å². The molecule has 4 nitrogen and oxygen atoms in total. The van der Waals surface area contributed by atoms with Crippen LogP contribution in [0, 0.1) is 0 Å². The number of pyridine rings is 1. The van der Waals surface area contributed by atoms with Crippen LogP contribution < -0.4 is 10.2 Å². The number of nitrogens with zero attached hydrogens (tertiary/aromatic N) is 2. The number of aromatic nitrogens is 1. The third kappa shape index (κ3) is 3.31. The van der Waals surface area contributed by atoms with E-state index in [2.05, 4.69) is 22.2 Å². The fourth-order valence-corrected chi connectivity index (χ4v) is 1.33. The molecule has 86 valence electrons. The predicted octanol–water partition coefficient (Wildman–Crippen LogP) is 2.58. The molecule has 0 saturated carbocycles. The van der Waals surface area contributed by atoms with E-state index in [1.807, 2.05) is 42.5 Å². The minimum Gasteiger partial charge on any atom is -0.439 e. The summed E-state index contributed by atoms with van der Waals surface area (Å²) in [5, 5.41) is 3.56. The zero-order chi connectivity index (χ0) is 11.9. The van der Waals surface area contributed by atoms with Gasteiger partial charge in [-0.1, -0.05) is 24.3 Å². The quantitative estimate of drug-likeness (QED) is 0.630. The average molecular weight is 227 g/mol. The van der Waals surface area contributed by atoms with Crippen molar-refractivity contribution < 1.29 is 4.74 Å². The van der Waals surface area contributed by atoms with Crippen LogP contribution in [0.25, 0.3) is 0 Å². The molecule has 0 amide bonds. The Hall–Kier alpha value is -2.36. The van der Waals surface area contributed by atoms with Crippen molar-refractivity contribution in [2.75, 3.05) is 0 Å². The van der Waals surface area contributed by atoms with Gasteiger partial charge in [0.05, 0.1) is 6.54 Å². The second-order valence-corrected chi connectivity index (χ2v) is 3.41. The molecule has 0 aliphatic heterocycles. The highest BCUT2D eigenvalue weighted by Gasteiger charge is 1.98. The summed E-state index contributed by atoms with van der Waals surface area (Å²) in [6, 6.07) is 13.3. The molecule has 1 aromatic carbocycles. The van der Waals surface area contributed by atoms with Crippen LogP contribution in [0.4, 0.5) is 0 Å². The zero-order valence-electron chi connectivity index (χ0n) is 9.34. The lowest BCUT2D eigenvalue weighted by atomic mass is 10.3. The van der Waals surface area contributed by atoms with E-state index in [-0.39, 0.29) is 0 Å². The summed E-state index contributed by atoms with van der Waals surface area (Å²) in [7, 11) is 0. The molecule has 0 atom stereocenters. The second-order valence-electron chi connectivity index (χ2n) is 3.41. The van der Waals surface area contributed by atoms with Crippen molar-refractivity contribution in [3.63, 3.8) is 0 Å². The first kappa shape index (κ1) is 11.1. The molecule has 0 unspecified atom stereocenters. The summed E-state index contributed by atoms with van der Waals surface area (Å²) in [6.45, 7) is 3.96. The van der Waals surface area contributed by atoms with E-state index >= 15 is 0 Å². The van der Waals surface area contributed by atoms with Gasteiger partial charge in [-0.3, -0.25) is 0 Å². The highest BCUT2D eigenvalue weighted by atomic mass is 16.5. The lowest BCUT2D eigenvalue weighted by molar-refractivity contribution is 0.462. The first-order valence-electron chi connectivity index (χ1n) is 5.25. The van der Waals surface area contributed by atoms with Crippen molar-refractivity contribution in [3.8, 4) is 11.6 Å². The van der Waals surface area contributed by atoms with Crippen molar-refractivity contribution >= 4 is 6.72 Å². The van der Waals surface area contributed by atoms with Crippen molar-refractivity contribution in [3.05, 3.63) is 54.2 Å². The van der Waals surface area contributed by atoms with Gasteiger partial charge < -0.3 is 10.2 Å². The van der Waals surface area contributed by atoms with Crippen LogP contribution >= 0.6 is 0 Å². The number of hydrogen-bond donors (Lipinski definition) is 1. The lowest BCUT2D eigenvalue weighted by Gasteiger charge is -2.05. The molecule has 17 heavy (non-hydrogen) atoms. The fourth-order valence-electron chi connectivity index (χ4n) is 1.33. The van der Waals surface area contributed by atoms with Gasteiger partial charge in [0.25, 0.3) is 0 Å². The zero-order valence-corrected chi connectivity index (χ0v) is 9.34. The minimum absolute atomic E-state index is 0.575. The Kier molecular flexibility index (Phi) is 3.70. The maximum Gasteiger partial charge on any atom is 0.219 e.